The van der Waals surface area contributed by atoms with E-state index in [0.29, 0.717) is 41.6 Å². The number of benzene rings is 2. The number of piperazine rings is 1. The maximum Gasteiger partial charge on any atom is 0.222 e. The molecule has 4 aromatic heterocycles. The number of amides is 1. The standard InChI is InChI=1S/C33H34N6O4S2/c1-5-31(40)38-12-10-37(11-13-38)17-22-6-8-23(9-7-22)32-34-27(20(2)44-32)19-42-28-14-24(41-4)15-29-25(28)16-30(43-29)26-18-39-33(35-26)45-21(3)36-39/h6-9,14-16,18H,5,10-13,17,19H2,1-4H3. The van der Waals surface area contributed by atoms with Gasteiger partial charge in [0.1, 0.15) is 39.4 Å². The van der Waals surface area contributed by atoms with Gasteiger partial charge in [-0.25, -0.2) is 14.5 Å². The Morgan fingerprint density at radius 3 is 2.56 bits per heavy atom. The number of aryl methyl sites for hydroxylation is 2. The van der Waals surface area contributed by atoms with Gasteiger partial charge >= 0.3 is 0 Å². The van der Waals surface area contributed by atoms with Gasteiger partial charge in [0.2, 0.25) is 10.9 Å². The maximum absolute atomic E-state index is 12.0. The summed E-state index contributed by atoms with van der Waals surface area (Å²) in [5.74, 6) is 2.19. The number of aromatic nitrogens is 4. The van der Waals surface area contributed by atoms with E-state index in [0.717, 1.165) is 69.2 Å². The summed E-state index contributed by atoms with van der Waals surface area (Å²) in [5, 5.41) is 7.22. The molecule has 0 unspecified atom stereocenters. The highest BCUT2D eigenvalue weighted by Gasteiger charge is 2.21. The predicted octanol–water partition coefficient (Wildman–Crippen LogP) is 6.59. The van der Waals surface area contributed by atoms with Gasteiger partial charge in [-0.05, 0) is 25.5 Å². The SMILES string of the molecule is CCC(=O)N1CCN(Cc2ccc(-c3nc(COc4cc(OC)cc5oc(-c6cn7nc(C)sc7n6)cc45)c(C)s3)cc2)CC1. The fourth-order valence-corrected chi connectivity index (χ4v) is 7.23. The van der Waals surface area contributed by atoms with Crippen LogP contribution >= 0.6 is 22.7 Å². The van der Waals surface area contributed by atoms with E-state index in [4.69, 9.17) is 18.9 Å². The first-order valence-corrected chi connectivity index (χ1v) is 16.6. The Bertz CT molecular complexity index is 1950. The minimum Gasteiger partial charge on any atom is -0.496 e. The van der Waals surface area contributed by atoms with Gasteiger partial charge in [-0.15, -0.1) is 11.3 Å². The van der Waals surface area contributed by atoms with Crippen LogP contribution in [0.2, 0.25) is 0 Å². The lowest BCUT2D eigenvalue weighted by Gasteiger charge is -2.34. The quantitative estimate of drug-likeness (QED) is 0.174. The smallest absolute Gasteiger partial charge is 0.222 e. The van der Waals surface area contributed by atoms with Crippen LogP contribution < -0.4 is 9.47 Å². The third kappa shape index (κ3) is 6.05. The van der Waals surface area contributed by atoms with E-state index >= 15 is 0 Å². The highest BCUT2D eigenvalue weighted by atomic mass is 32.1. The van der Waals surface area contributed by atoms with Crippen molar-refractivity contribution in [2.75, 3.05) is 33.3 Å². The molecule has 232 valence electrons. The third-order valence-electron chi connectivity index (χ3n) is 8.10. The minimum absolute atomic E-state index is 0.244. The molecule has 6 aromatic rings. The number of nitrogens with zero attached hydrogens (tertiary/aromatic N) is 6. The summed E-state index contributed by atoms with van der Waals surface area (Å²) in [6.45, 7) is 10.6. The van der Waals surface area contributed by atoms with Gasteiger partial charge in [-0.2, -0.15) is 5.10 Å². The molecule has 1 aliphatic rings. The highest BCUT2D eigenvalue weighted by Crippen LogP contribution is 2.38. The van der Waals surface area contributed by atoms with Crippen LogP contribution in [0.1, 0.15) is 34.5 Å². The van der Waals surface area contributed by atoms with Crippen LogP contribution in [0.15, 0.2) is 53.1 Å². The molecular weight excluding hydrogens is 609 g/mol. The number of rotatable bonds is 9. The molecule has 1 amide bonds. The van der Waals surface area contributed by atoms with Crippen molar-refractivity contribution in [2.24, 2.45) is 0 Å². The van der Waals surface area contributed by atoms with Crippen molar-refractivity contribution in [1.82, 2.24) is 29.4 Å². The molecule has 1 saturated heterocycles. The van der Waals surface area contributed by atoms with Crippen LogP contribution in [0.25, 0.3) is 38.0 Å². The molecule has 0 atom stereocenters. The van der Waals surface area contributed by atoms with E-state index in [-0.39, 0.29) is 5.91 Å². The Morgan fingerprint density at radius 2 is 1.82 bits per heavy atom. The first-order chi connectivity index (χ1) is 21.9. The van der Waals surface area contributed by atoms with Crippen LogP contribution in [0.5, 0.6) is 11.5 Å². The van der Waals surface area contributed by atoms with Crippen LogP contribution in [0.3, 0.4) is 0 Å². The Morgan fingerprint density at radius 1 is 1.02 bits per heavy atom. The molecule has 0 bridgehead atoms. The second-order valence-electron chi connectivity index (χ2n) is 11.1. The van der Waals surface area contributed by atoms with Gasteiger partial charge in [0.05, 0.1) is 24.4 Å². The zero-order valence-corrected chi connectivity index (χ0v) is 27.3. The molecule has 12 heteroatoms. The van der Waals surface area contributed by atoms with Crippen LogP contribution in [-0.2, 0) is 17.9 Å². The van der Waals surface area contributed by atoms with Crippen molar-refractivity contribution in [3.8, 4) is 33.5 Å². The lowest BCUT2D eigenvalue weighted by molar-refractivity contribution is -0.132. The average molecular weight is 643 g/mol. The first-order valence-electron chi connectivity index (χ1n) is 15.0. The second kappa shape index (κ2) is 12.3. The summed E-state index contributed by atoms with van der Waals surface area (Å²) in [4.78, 5) is 27.9. The van der Waals surface area contributed by atoms with Gasteiger partial charge in [-0.1, -0.05) is 42.5 Å². The Kier molecular flexibility index (Phi) is 8.03. The van der Waals surface area contributed by atoms with Crippen LogP contribution in [-0.4, -0.2) is 68.6 Å². The average Bonchev–Trinajstić information content (AvgIpc) is 3.82. The van der Waals surface area contributed by atoms with Gasteiger partial charge in [-0.3, -0.25) is 9.69 Å². The first kappa shape index (κ1) is 29.5. The fraction of sp³-hybridized carbons (Fsp3) is 0.333. The van der Waals surface area contributed by atoms with Crippen molar-refractivity contribution < 1.29 is 18.7 Å². The van der Waals surface area contributed by atoms with E-state index in [1.165, 1.54) is 16.9 Å². The molecule has 0 aliphatic carbocycles. The molecule has 1 fully saturated rings. The lowest BCUT2D eigenvalue weighted by atomic mass is 10.1. The van der Waals surface area contributed by atoms with Gasteiger partial charge in [0.15, 0.2) is 5.76 Å². The highest BCUT2D eigenvalue weighted by molar-refractivity contribution is 7.16. The monoisotopic (exact) mass is 642 g/mol. The largest absolute Gasteiger partial charge is 0.496 e. The molecule has 1 aliphatic heterocycles. The predicted molar refractivity (Wildman–Crippen MR) is 176 cm³/mol. The number of thiazole rings is 1. The Hall–Kier alpha value is -4.26. The number of hydrogen-bond donors (Lipinski definition) is 0. The summed E-state index contributed by atoms with van der Waals surface area (Å²) in [5.41, 5.74) is 4.62. The number of imidazole rings is 1. The molecule has 0 spiro atoms. The van der Waals surface area contributed by atoms with E-state index < -0.39 is 0 Å². The molecule has 0 N–H and O–H groups in total. The van der Waals surface area contributed by atoms with Gasteiger partial charge in [0, 0.05) is 61.7 Å². The van der Waals surface area contributed by atoms with E-state index in [2.05, 4.69) is 46.2 Å². The molecular formula is C33H34N6O4S2. The third-order valence-corrected chi connectivity index (χ3v) is 10.00. The molecule has 10 nitrogen and oxygen atoms in total. The molecule has 7 rings (SSSR count). The van der Waals surface area contributed by atoms with Crippen molar-refractivity contribution in [3.63, 3.8) is 0 Å². The summed E-state index contributed by atoms with van der Waals surface area (Å²) < 4.78 is 19.9. The number of furan rings is 1. The molecule has 5 heterocycles. The topological polar surface area (TPSA) is 98.2 Å². The van der Waals surface area contributed by atoms with E-state index in [1.807, 2.05) is 43.1 Å². The minimum atomic E-state index is 0.244. The number of ether oxygens (including phenoxy) is 2. The Labute approximate surface area is 268 Å². The summed E-state index contributed by atoms with van der Waals surface area (Å²) in [6, 6.07) is 14.3. The van der Waals surface area contributed by atoms with E-state index in [9.17, 15) is 4.79 Å². The normalized spacial score (nSPS) is 14.1. The number of methoxy groups -OCH3 is 1. The van der Waals surface area contributed by atoms with Crippen LogP contribution in [0.4, 0.5) is 0 Å². The fourth-order valence-electron chi connectivity index (χ4n) is 5.59. The van der Waals surface area contributed by atoms with Crippen molar-refractivity contribution >= 4 is 44.5 Å². The zero-order chi connectivity index (χ0) is 31.1. The van der Waals surface area contributed by atoms with Gasteiger partial charge < -0.3 is 18.8 Å². The Balaban J connectivity index is 1.04. The van der Waals surface area contributed by atoms with Crippen molar-refractivity contribution in [1.29, 1.82) is 0 Å². The summed E-state index contributed by atoms with van der Waals surface area (Å²) in [6.07, 6.45) is 2.45. The zero-order valence-electron chi connectivity index (χ0n) is 25.7. The summed E-state index contributed by atoms with van der Waals surface area (Å²) in [7, 11) is 1.63. The maximum atomic E-state index is 12.0. The van der Waals surface area contributed by atoms with Gasteiger partial charge in [0.25, 0.3) is 0 Å². The van der Waals surface area contributed by atoms with Crippen LogP contribution in [0, 0.1) is 13.8 Å². The van der Waals surface area contributed by atoms with E-state index in [1.54, 1.807) is 23.0 Å². The van der Waals surface area contributed by atoms with Crippen molar-refractivity contribution in [2.45, 2.75) is 40.3 Å². The summed E-state index contributed by atoms with van der Waals surface area (Å²) >= 11 is 3.20. The number of carbonyl (C=O) groups is 1. The number of carbonyl (C=O) groups excluding carboxylic acids is 1. The number of fused-ring (bicyclic) bond motifs is 2. The molecule has 2 aromatic carbocycles. The number of hydrogen-bond acceptors (Lipinski definition) is 10. The van der Waals surface area contributed by atoms with Crippen molar-refractivity contribution in [3.05, 3.63) is 69.8 Å². The second-order valence-corrected chi connectivity index (χ2v) is 13.5. The molecule has 0 saturated carbocycles. The molecule has 45 heavy (non-hydrogen) atoms. The lowest BCUT2D eigenvalue weighted by Crippen LogP contribution is -2.48. The molecule has 0 radical (unpaired) electrons.